The summed E-state index contributed by atoms with van der Waals surface area (Å²) in [5, 5.41) is 0. The Balaban J connectivity index is 1.57. The van der Waals surface area contributed by atoms with Gasteiger partial charge in [0.15, 0.2) is 0 Å². The summed E-state index contributed by atoms with van der Waals surface area (Å²) in [5.74, 6) is 3.89. The molecule has 1 aliphatic heterocycles. The molecule has 2 heterocycles. The van der Waals surface area contributed by atoms with Gasteiger partial charge < -0.3 is 4.90 Å². The van der Waals surface area contributed by atoms with Crippen molar-refractivity contribution in [3.05, 3.63) is 83.6 Å². The van der Waals surface area contributed by atoms with Crippen molar-refractivity contribution in [3.8, 4) is 11.1 Å². The number of hydrogen-bond acceptors (Lipinski definition) is 3. The Morgan fingerprint density at radius 3 is 2.33 bits per heavy atom. The zero-order valence-electron chi connectivity index (χ0n) is 19.9. The minimum atomic E-state index is 0.351. The lowest BCUT2D eigenvalue weighted by Gasteiger charge is -2.44. The monoisotopic (exact) mass is 475 g/mol. The van der Waals surface area contributed by atoms with Gasteiger partial charge in [-0.05, 0) is 42.3 Å². The van der Waals surface area contributed by atoms with Gasteiger partial charge in [0, 0.05) is 42.6 Å². The highest BCUT2D eigenvalue weighted by Gasteiger charge is 2.29. The second-order valence-electron chi connectivity index (χ2n) is 9.29. The molecule has 4 rings (SSSR count). The van der Waals surface area contributed by atoms with Gasteiger partial charge in [-0.15, -0.1) is 18.1 Å². The number of benzene rings is 2. The second-order valence-corrected chi connectivity index (χ2v) is 10.3. The third kappa shape index (κ3) is 5.55. The fraction of sp³-hybridized carbons (Fsp3) is 0.357. The predicted octanol–water partition coefficient (Wildman–Crippen LogP) is 6.12. The van der Waals surface area contributed by atoms with Crippen LogP contribution in [0.2, 0.25) is 0 Å². The van der Waals surface area contributed by atoms with Crippen LogP contribution >= 0.6 is 18.1 Å². The molecule has 0 N–H and O–H groups in total. The summed E-state index contributed by atoms with van der Waals surface area (Å²) in [4.78, 5) is 10.3. The highest BCUT2D eigenvalue weighted by atomic mass is 31.0. The Morgan fingerprint density at radius 2 is 1.73 bits per heavy atom. The fourth-order valence-corrected chi connectivity index (χ4v) is 5.74. The lowest BCUT2D eigenvalue weighted by Crippen LogP contribution is -2.55. The van der Waals surface area contributed by atoms with E-state index < -0.39 is 0 Å². The number of rotatable bonds is 7. The summed E-state index contributed by atoms with van der Waals surface area (Å²) in [6, 6.07) is 24.1. The number of anilines is 1. The number of piperazine rings is 1. The first-order valence-electron chi connectivity index (χ1n) is 11.9. The molecule has 0 bridgehead atoms. The minimum Gasteiger partial charge on any atom is -0.353 e. The van der Waals surface area contributed by atoms with Crippen LogP contribution in [0.25, 0.3) is 11.1 Å². The van der Waals surface area contributed by atoms with Crippen LogP contribution in [0.3, 0.4) is 0 Å². The van der Waals surface area contributed by atoms with Crippen LogP contribution in [-0.4, -0.2) is 47.1 Å². The molecule has 2 aromatic carbocycles. The number of nitrogens with zero attached hydrogens (tertiary/aromatic N) is 3. The van der Waals surface area contributed by atoms with E-state index in [-0.39, 0.29) is 0 Å². The van der Waals surface area contributed by atoms with E-state index in [4.69, 9.17) is 4.98 Å². The quantitative estimate of drug-likeness (QED) is 0.384. The molecule has 33 heavy (non-hydrogen) atoms. The molecule has 1 saturated heterocycles. The SMILES string of the molecule is CC(C)c1nc(N2CCN(C(P)Cc3ccccc3)[C@@H](C)C2)c(C=P)cc1-c1ccccc1. The minimum absolute atomic E-state index is 0.351. The molecule has 3 aromatic rings. The van der Waals surface area contributed by atoms with Crippen molar-refractivity contribution in [1.29, 1.82) is 0 Å². The molecular formula is C28H35N3P2. The van der Waals surface area contributed by atoms with Crippen LogP contribution in [-0.2, 0) is 6.42 Å². The van der Waals surface area contributed by atoms with E-state index in [2.05, 4.69) is 115 Å². The van der Waals surface area contributed by atoms with E-state index >= 15 is 0 Å². The summed E-state index contributed by atoms with van der Waals surface area (Å²) in [6.45, 7) is 9.79. The molecule has 0 spiro atoms. The second kappa shape index (κ2) is 10.9. The molecule has 0 amide bonds. The lowest BCUT2D eigenvalue weighted by molar-refractivity contribution is 0.173. The topological polar surface area (TPSA) is 19.4 Å². The van der Waals surface area contributed by atoms with Crippen LogP contribution in [0.15, 0.2) is 66.7 Å². The zero-order valence-corrected chi connectivity index (χ0v) is 22.1. The third-order valence-electron chi connectivity index (χ3n) is 6.54. The largest absolute Gasteiger partial charge is 0.353 e. The van der Waals surface area contributed by atoms with Crippen LogP contribution in [0.4, 0.5) is 5.82 Å². The van der Waals surface area contributed by atoms with Crippen molar-refractivity contribution >= 4 is 29.7 Å². The third-order valence-corrected chi connectivity index (χ3v) is 7.47. The summed E-state index contributed by atoms with van der Waals surface area (Å²) < 4.78 is 0. The molecule has 3 nitrogen and oxygen atoms in total. The van der Waals surface area contributed by atoms with Gasteiger partial charge in [-0.3, -0.25) is 4.90 Å². The molecule has 0 aliphatic carbocycles. The molecule has 1 aliphatic rings. The van der Waals surface area contributed by atoms with Crippen LogP contribution in [0.5, 0.6) is 0 Å². The molecule has 0 radical (unpaired) electrons. The highest BCUT2D eigenvalue weighted by molar-refractivity contribution is 7.19. The van der Waals surface area contributed by atoms with Crippen molar-refractivity contribution in [2.45, 2.75) is 44.9 Å². The highest BCUT2D eigenvalue weighted by Crippen LogP contribution is 2.33. The standard InChI is InChI=1S/C28H35N3P2/c1-20(2)27-25(23-12-8-5-9-13-23)17-24(19-32)28(29-27)30-14-15-31(21(3)18-30)26(33)16-22-10-6-4-7-11-22/h4-13,17,19-21,26,32H,14-16,18,33H2,1-3H3/t21-,26?/m0/s1. The predicted molar refractivity (Wildman–Crippen MR) is 149 cm³/mol. The van der Waals surface area contributed by atoms with Crippen molar-refractivity contribution in [2.24, 2.45) is 0 Å². The van der Waals surface area contributed by atoms with Crippen LogP contribution < -0.4 is 4.90 Å². The molecule has 3 atom stereocenters. The first kappa shape index (κ1) is 24.1. The van der Waals surface area contributed by atoms with Gasteiger partial charge in [-0.25, -0.2) is 4.98 Å². The van der Waals surface area contributed by atoms with Crippen molar-refractivity contribution in [1.82, 2.24) is 9.88 Å². The molecule has 5 heteroatoms. The van der Waals surface area contributed by atoms with Gasteiger partial charge in [-0.2, -0.15) is 0 Å². The van der Waals surface area contributed by atoms with Gasteiger partial charge >= 0.3 is 0 Å². The normalized spacial score (nSPS) is 17.8. The maximum absolute atomic E-state index is 5.25. The van der Waals surface area contributed by atoms with Crippen molar-refractivity contribution in [3.63, 3.8) is 0 Å². The van der Waals surface area contributed by atoms with Gasteiger partial charge in [0.25, 0.3) is 0 Å². The Morgan fingerprint density at radius 1 is 1.06 bits per heavy atom. The summed E-state index contributed by atoms with van der Waals surface area (Å²) in [6.07, 6.45) is 1.05. The van der Waals surface area contributed by atoms with Gasteiger partial charge in [0.05, 0.1) is 5.69 Å². The van der Waals surface area contributed by atoms with Gasteiger partial charge in [0.2, 0.25) is 0 Å². The van der Waals surface area contributed by atoms with E-state index in [1.54, 1.807) is 0 Å². The Kier molecular flexibility index (Phi) is 7.97. The average molecular weight is 476 g/mol. The van der Waals surface area contributed by atoms with Crippen LogP contribution in [0, 0.1) is 0 Å². The Bertz CT molecular complexity index is 1070. The Labute approximate surface area is 203 Å². The molecule has 172 valence electrons. The van der Waals surface area contributed by atoms with E-state index in [0.29, 0.717) is 17.7 Å². The van der Waals surface area contributed by atoms with E-state index in [9.17, 15) is 0 Å². The summed E-state index contributed by atoms with van der Waals surface area (Å²) in [7, 11) is 6.75. The molecule has 1 fully saturated rings. The van der Waals surface area contributed by atoms with Crippen LogP contribution in [0.1, 0.15) is 43.5 Å². The maximum Gasteiger partial charge on any atom is 0.136 e. The number of hydrogen-bond donors (Lipinski definition) is 0. The van der Waals surface area contributed by atoms with E-state index in [1.807, 2.05) is 5.80 Å². The first-order chi connectivity index (χ1) is 16.0. The molecular weight excluding hydrogens is 440 g/mol. The average Bonchev–Trinajstić information content (AvgIpc) is 2.84. The van der Waals surface area contributed by atoms with E-state index in [0.717, 1.165) is 43.1 Å². The zero-order chi connectivity index (χ0) is 23.4. The van der Waals surface area contributed by atoms with Crippen molar-refractivity contribution in [2.75, 3.05) is 24.5 Å². The van der Waals surface area contributed by atoms with Crippen molar-refractivity contribution < 1.29 is 0 Å². The Hall–Kier alpha value is -2.05. The van der Waals surface area contributed by atoms with Gasteiger partial charge in [-0.1, -0.05) is 74.5 Å². The molecule has 1 aromatic heterocycles. The molecule has 0 saturated carbocycles. The molecule has 2 unspecified atom stereocenters. The number of aromatic nitrogens is 1. The summed E-state index contributed by atoms with van der Waals surface area (Å²) >= 11 is 0. The van der Waals surface area contributed by atoms with Gasteiger partial charge in [0.1, 0.15) is 5.82 Å². The smallest absolute Gasteiger partial charge is 0.136 e. The van der Waals surface area contributed by atoms with E-state index in [1.165, 1.54) is 16.7 Å². The number of pyridine rings is 1. The maximum atomic E-state index is 5.25. The fourth-order valence-electron chi connectivity index (χ4n) is 4.81. The first-order valence-corrected chi connectivity index (χ1v) is 13.1. The lowest BCUT2D eigenvalue weighted by atomic mass is 9.96. The summed E-state index contributed by atoms with van der Waals surface area (Å²) in [5.41, 5.74) is 6.14.